The summed E-state index contributed by atoms with van der Waals surface area (Å²) in [6.07, 6.45) is 1.52. The molecule has 0 spiro atoms. The molecule has 3 nitrogen and oxygen atoms in total. The van der Waals surface area contributed by atoms with Gasteiger partial charge in [-0.25, -0.2) is 4.79 Å². The minimum Gasteiger partial charge on any atom is -0.507 e. The lowest BCUT2D eigenvalue weighted by Gasteiger charge is -2.28. The summed E-state index contributed by atoms with van der Waals surface area (Å²) < 4.78 is 0. The van der Waals surface area contributed by atoms with Crippen LogP contribution in [0.5, 0.6) is 5.75 Å². The van der Waals surface area contributed by atoms with Gasteiger partial charge in [-0.15, -0.1) is 0 Å². The summed E-state index contributed by atoms with van der Waals surface area (Å²) in [5, 5.41) is 22.1. The van der Waals surface area contributed by atoms with Crippen molar-refractivity contribution >= 4 is 5.97 Å². The zero-order valence-corrected chi connectivity index (χ0v) is 27.9. The third-order valence-electron chi connectivity index (χ3n) is 9.60. The fourth-order valence-corrected chi connectivity index (χ4v) is 6.58. The molecular weight excluding hydrogens is 564 g/mol. The Kier molecular flexibility index (Phi) is 10.1. The molecule has 5 aromatic rings. The third kappa shape index (κ3) is 7.59. The quantitative estimate of drug-likeness (QED) is 0.156. The molecule has 236 valence electrons. The first-order valence-corrected chi connectivity index (χ1v) is 16.4. The molecule has 0 bridgehead atoms. The SMILES string of the molecule is Cc1ccc(C(C)CC(c2ccc(C)cc2)c2cc(C(=O)O)c(O)c(C(CC(C)c3ccc(C)cc3)c3ccc(C)cc3)c2)cc1. The average molecular weight is 611 g/mol. The average Bonchev–Trinajstić information content (AvgIpc) is 3.04. The number of carboxylic acid groups (broad SMARTS) is 1. The van der Waals surface area contributed by atoms with Gasteiger partial charge in [0.1, 0.15) is 11.3 Å². The van der Waals surface area contributed by atoms with Crippen LogP contribution < -0.4 is 0 Å². The molecule has 0 aliphatic carbocycles. The van der Waals surface area contributed by atoms with Crippen molar-refractivity contribution in [3.63, 3.8) is 0 Å². The summed E-state index contributed by atoms with van der Waals surface area (Å²) >= 11 is 0. The van der Waals surface area contributed by atoms with Crippen molar-refractivity contribution in [1.82, 2.24) is 0 Å². The van der Waals surface area contributed by atoms with E-state index in [1.54, 1.807) is 6.07 Å². The van der Waals surface area contributed by atoms with Crippen LogP contribution in [0.15, 0.2) is 109 Å². The van der Waals surface area contributed by atoms with Gasteiger partial charge in [0.15, 0.2) is 0 Å². The number of rotatable bonds is 11. The number of aromatic hydroxyl groups is 1. The maximum Gasteiger partial charge on any atom is 0.339 e. The summed E-state index contributed by atoms with van der Waals surface area (Å²) in [5.41, 5.74) is 11.0. The minimum atomic E-state index is -1.12. The van der Waals surface area contributed by atoms with Crippen LogP contribution in [-0.2, 0) is 0 Å². The van der Waals surface area contributed by atoms with Crippen LogP contribution in [0.4, 0.5) is 0 Å². The Hall–Kier alpha value is -4.63. The topological polar surface area (TPSA) is 57.5 Å². The highest BCUT2D eigenvalue weighted by Gasteiger charge is 2.28. The van der Waals surface area contributed by atoms with Crippen LogP contribution in [-0.4, -0.2) is 16.2 Å². The Labute approximate surface area is 274 Å². The van der Waals surface area contributed by atoms with Gasteiger partial charge >= 0.3 is 5.97 Å². The Morgan fingerprint density at radius 2 is 0.870 bits per heavy atom. The van der Waals surface area contributed by atoms with Crippen molar-refractivity contribution in [2.75, 3.05) is 0 Å². The van der Waals surface area contributed by atoms with E-state index in [1.165, 1.54) is 27.8 Å². The van der Waals surface area contributed by atoms with Gasteiger partial charge in [-0.2, -0.15) is 0 Å². The van der Waals surface area contributed by atoms with Gasteiger partial charge in [0, 0.05) is 17.4 Å². The highest BCUT2D eigenvalue weighted by atomic mass is 16.4. The molecule has 3 heteroatoms. The molecule has 46 heavy (non-hydrogen) atoms. The van der Waals surface area contributed by atoms with E-state index in [0.717, 1.165) is 35.1 Å². The van der Waals surface area contributed by atoms with Gasteiger partial charge in [-0.1, -0.05) is 139 Å². The van der Waals surface area contributed by atoms with Crippen LogP contribution in [0.25, 0.3) is 0 Å². The van der Waals surface area contributed by atoms with E-state index in [-0.39, 0.29) is 35.0 Å². The molecule has 5 rings (SSSR count). The first kappa shape index (κ1) is 32.8. The number of carboxylic acids is 1. The van der Waals surface area contributed by atoms with Gasteiger partial charge in [0.2, 0.25) is 0 Å². The second kappa shape index (κ2) is 14.2. The highest BCUT2D eigenvalue weighted by Crippen LogP contribution is 2.44. The second-order valence-electron chi connectivity index (χ2n) is 13.3. The molecule has 0 aliphatic rings. The summed E-state index contributed by atoms with van der Waals surface area (Å²) in [7, 11) is 0. The Bertz CT molecular complexity index is 1770. The Morgan fingerprint density at radius 1 is 0.522 bits per heavy atom. The van der Waals surface area contributed by atoms with E-state index in [1.807, 2.05) is 0 Å². The number of carbonyl (C=O) groups is 1. The molecule has 0 radical (unpaired) electrons. The number of hydrogen-bond acceptors (Lipinski definition) is 2. The molecule has 0 aromatic heterocycles. The number of aryl methyl sites for hydroxylation is 4. The van der Waals surface area contributed by atoms with Crippen LogP contribution >= 0.6 is 0 Å². The van der Waals surface area contributed by atoms with Crippen LogP contribution in [0.2, 0.25) is 0 Å². The molecule has 0 saturated carbocycles. The van der Waals surface area contributed by atoms with Crippen molar-refractivity contribution in [2.24, 2.45) is 0 Å². The largest absolute Gasteiger partial charge is 0.507 e. The summed E-state index contributed by atoms with van der Waals surface area (Å²) in [6, 6.07) is 38.1. The Balaban J connectivity index is 1.66. The van der Waals surface area contributed by atoms with Crippen molar-refractivity contribution in [2.45, 2.75) is 78.1 Å². The lowest BCUT2D eigenvalue weighted by Crippen LogP contribution is -2.13. The highest BCUT2D eigenvalue weighted by molar-refractivity contribution is 5.92. The van der Waals surface area contributed by atoms with Crippen molar-refractivity contribution in [1.29, 1.82) is 0 Å². The van der Waals surface area contributed by atoms with Crippen LogP contribution in [0, 0.1) is 27.7 Å². The van der Waals surface area contributed by atoms with Gasteiger partial charge < -0.3 is 10.2 Å². The van der Waals surface area contributed by atoms with E-state index in [4.69, 9.17) is 0 Å². The fraction of sp³-hybridized carbons (Fsp3) is 0.279. The summed E-state index contributed by atoms with van der Waals surface area (Å²) in [5.74, 6) is -1.13. The third-order valence-corrected chi connectivity index (χ3v) is 9.60. The normalized spacial score (nSPS) is 14.0. The molecule has 4 unspecified atom stereocenters. The first-order chi connectivity index (χ1) is 22.0. The van der Waals surface area contributed by atoms with Crippen LogP contribution in [0.1, 0.15) is 116 Å². The second-order valence-corrected chi connectivity index (χ2v) is 13.3. The van der Waals surface area contributed by atoms with Gasteiger partial charge in [0.05, 0.1) is 0 Å². The lowest BCUT2D eigenvalue weighted by atomic mass is 9.77. The van der Waals surface area contributed by atoms with Crippen molar-refractivity contribution in [3.8, 4) is 5.75 Å². The predicted molar refractivity (Wildman–Crippen MR) is 190 cm³/mol. The number of hydrogen-bond donors (Lipinski definition) is 2. The van der Waals surface area contributed by atoms with E-state index in [9.17, 15) is 15.0 Å². The molecule has 0 saturated heterocycles. The predicted octanol–water partition coefficient (Wildman–Crippen LogP) is 11.0. The molecule has 2 N–H and O–H groups in total. The fourth-order valence-electron chi connectivity index (χ4n) is 6.58. The Morgan fingerprint density at radius 3 is 1.26 bits per heavy atom. The van der Waals surface area contributed by atoms with Crippen LogP contribution in [0.3, 0.4) is 0 Å². The van der Waals surface area contributed by atoms with Crippen molar-refractivity contribution < 1.29 is 15.0 Å². The zero-order valence-electron chi connectivity index (χ0n) is 27.9. The van der Waals surface area contributed by atoms with Crippen molar-refractivity contribution in [3.05, 3.63) is 170 Å². The maximum absolute atomic E-state index is 12.7. The molecule has 0 heterocycles. The summed E-state index contributed by atoms with van der Waals surface area (Å²) in [6.45, 7) is 12.8. The minimum absolute atomic E-state index is 0.0484. The molecule has 0 fully saturated rings. The number of aromatic carboxylic acids is 1. The van der Waals surface area contributed by atoms with E-state index < -0.39 is 5.97 Å². The van der Waals surface area contributed by atoms with E-state index in [2.05, 4.69) is 145 Å². The lowest BCUT2D eigenvalue weighted by molar-refractivity contribution is 0.0693. The smallest absolute Gasteiger partial charge is 0.339 e. The maximum atomic E-state index is 12.7. The first-order valence-electron chi connectivity index (χ1n) is 16.4. The van der Waals surface area contributed by atoms with Gasteiger partial charge in [-0.05, 0) is 86.3 Å². The monoisotopic (exact) mass is 610 g/mol. The zero-order chi connectivity index (χ0) is 33.0. The molecular formula is C43H46O3. The molecule has 0 aliphatic heterocycles. The van der Waals surface area contributed by atoms with Gasteiger partial charge in [-0.3, -0.25) is 0 Å². The van der Waals surface area contributed by atoms with Gasteiger partial charge in [0.25, 0.3) is 0 Å². The van der Waals surface area contributed by atoms with E-state index in [0.29, 0.717) is 5.56 Å². The summed E-state index contributed by atoms with van der Waals surface area (Å²) in [4.78, 5) is 12.7. The molecule has 5 aromatic carbocycles. The standard InChI is InChI=1S/C43H46O3/c1-27-7-15-33(16-8-27)31(5)23-38(35-19-11-29(3)12-20-35)37-25-40(42(44)41(26-37)43(45)46)39(36-21-13-30(4)14-22-36)24-32(6)34-17-9-28(2)10-18-34/h7-22,25-26,31-32,38-39,44H,23-24H2,1-6H3,(H,45,46). The molecule has 4 atom stereocenters. The van der Waals surface area contributed by atoms with E-state index >= 15 is 0 Å². The number of phenols is 1. The number of benzene rings is 5. The molecule has 0 amide bonds.